The van der Waals surface area contributed by atoms with Crippen LogP contribution in [-0.4, -0.2) is 41.3 Å². The lowest BCUT2D eigenvalue weighted by Gasteiger charge is -2.15. The van der Waals surface area contributed by atoms with E-state index in [2.05, 4.69) is 0 Å². The zero-order chi connectivity index (χ0) is 10.4. The van der Waals surface area contributed by atoms with Crippen LogP contribution in [0.1, 0.15) is 6.92 Å². The molecule has 0 fully saturated rings. The molecule has 0 aliphatic rings. The molecule has 0 saturated carbocycles. The van der Waals surface area contributed by atoms with Gasteiger partial charge in [0.2, 0.25) is 5.91 Å². The molecule has 7 nitrogen and oxygen atoms in total. The molecule has 0 atom stereocenters. The van der Waals surface area contributed by atoms with Crippen molar-refractivity contribution in [2.24, 2.45) is 5.73 Å². The van der Waals surface area contributed by atoms with E-state index < -0.39 is 23.3 Å². The molecule has 0 heterocycles. The lowest BCUT2D eigenvalue weighted by Crippen LogP contribution is -2.41. The third-order valence-electron chi connectivity index (χ3n) is 1.30. The molecule has 0 unspecified atom stereocenters. The van der Waals surface area contributed by atoms with Gasteiger partial charge >= 0.3 is 5.91 Å². The minimum absolute atomic E-state index is 0.0159. The topological polar surface area (TPSA) is 107 Å². The van der Waals surface area contributed by atoms with E-state index in [1.54, 1.807) is 0 Å². The Balaban J connectivity index is 4.28. The van der Waals surface area contributed by atoms with Crippen LogP contribution in [0.5, 0.6) is 0 Å². The van der Waals surface area contributed by atoms with Gasteiger partial charge in [0, 0.05) is 24.9 Å². The molecule has 0 aliphatic heterocycles. The number of imide groups is 1. The van der Waals surface area contributed by atoms with Crippen LogP contribution >= 0.6 is 0 Å². The molecule has 2 N–H and O–H groups in total. The van der Waals surface area contributed by atoms with Gasteiger partial charge in [0.05, 0.1) is 0 Å². The molecular formula is C6H11N3O4. The van der Waals surface area contributed by atoms with E-state index in [0.717, 1.165) is 11.8 Å². The van der Waals surface area contributed by atoms with Gasteiger partial charge in [-0.3, -0.25) is 24.6 Å². The fourth-order valence-electron chi connectivity index (χ4n) is 0.783. The predicted molar refractivity (Wildman–Crippen MR) is 43.3 cm³/mol. The van der Waals surface area contributed by atoms with E-state index >= 15 is 0 Å². The second-order valence-electron chi connectivity index (χ2n) is 2.34. The second kappa shape index (κ2) is 5.20. The van der Waals surface area contributed by atoms with Gasteiger partial charge in [0.25, 0.3) is 6.54 Å². The molecule has 7 heteroatoms. The molecule has 0 spiro atoms. The summed E-state index contributed by atoms with van der Waals surface area (Å²) in [5.41, 5.74) is 5.12. The molecule has 2 amide bonds. The number of hydrogen-bond acceptors (Lipinski definition) is 5. The number of carbonyl (C=O) groups is 2. The van der Waals surface area contributed by atoms with Gasteiger partial charge in [0.1, 0.15) is 0 Å². The second-order valence-corrected chi connectivity index (χ2v) is 2.34. The monoisotopic (exact) mass is 189 g/mol. The van der Waals surface area contributed by atoms with Crippen molar-refractivity contribution in [2.75, 3.05) is 19.6 Å². The maximum Gasteiger partial charge on any atom is 0.300 e. The predicted octanol–water partition coefficient (Wildman–Crippen LogP) is -1.40. The molecule has 0 aromatic carbocycles. The standard InChI is InChI=1S/C6H11N3O4/c1-5(10)8(3-2-7)6(11)4-9(12)13/h2-4,7H2,1H3. The fraction of sp³-hybridized carbons (Fsp3) is 0.667. The van der Waals surface area contributed by atoms with Crippen LogP contribution < -0.4 is 5.73 Å². The number of hydrogen-bond donors (Lipinski definition) is 1. The minimum Gasteiger partial charge on any atom is -0.329 e. The van der Waals surface area contributed by atoms with Gasteiger partial charge in [-0.1, -0.05) is 0 Å². The minimum atomic E-state index is -0.875. The van der Waals surface area contributed by atoms with Gasteiger partial charge < -0.3 is 5.73 Å². The average Bonchev–Trinajstić information content (AvgIpc) is 1.97. The Bertz CT molecular complexity index is 228. The van der Waals surface area contributed by atoms with Gasteiger partial charge in [0.15, 0.2) is 0 Å². The van der Waals surface area contributed by atoms with Crippen LogP contribution in [0.4, 0.5) is 0 Å². The Hall–Kier alpha value is -1.50. The van der Waals surface area contributed by atoms with Crippen LogP contribution in [-0.2, 0) is 9.59 Å². The maximum atomic E-state index is 11.0. The molecule has 0 bridgehead atoms. The lowest BCUT2D eigenvalue weighted by molar-refractivity contribution is -0.468. The van der Waals surface area contributed by atoms with E-state index in [1.165, 1.54) is 0 Å². The van der Waals surface area contributed by atoms with E-state index in [9.17, 15) is 19.7 Å². The highest BCUT2D eigenvalue weighted by atomic mass is 16.6. The Morgan fingerprint density at radius 3 is 2.38 bits per heavy atom. The number of nitrogens with zero attached hydrogens (tertiary/aromatic N) is 2. The summed E-state index contributed by atoms with van der Waals surface area (Å²) in [7, 11) is 0. The Morgan fingerprint density at radius 2 is 2.08 bits per heavy atom. The molecule has 0 aromatic rings. The average molecular weight is 189 g/mol. The zero-order valence-corrected chi connectivity index (χ0v) is 7.23. The molecule has 0 radical (unpaired) electrons. The first-order valence-corrected chi connectivity index (χ1v) is 3.61. The SMILES string of the molecule is CC(=O)N(CCN)C(=O)C[N+](=O)[O-]. The summed E-state index contributed by atoms with van der Waals surface area (Å²) in [4.78, 5) is 31.7. The normalized spacial score (nSPS) is 9.38. The Morgan fingerprint density at radius 1 is 1.54 bits per heavy atom. The van der Waals surface area contributed by atoms with Crippen LogP contribution in [0.25, 0.3) is 0 Å². The number of carbonyl (C=O) groups excluding carboxylic acids is 2. The van der Waals surface area contributed by atoms with Gasteiger partial charge in [-0.2, -0.15) is 0 Å². The number of rotatable bonds is 4. The fourth-order valence-corrected chi connectivity index (χ4v) is 0.783. The molecular weight excluding hydrogens is 178 g/mol. The van der Waals surface area contributed by atoms with Crippen LogP contribution in [0, 0.1) is 10.1 Å². The Labute approximate surface area is 74.6 Å². The van der Waals surface area contributed by atoms with E-state index in [0.29, 0.717) is 0 Å². The molecule has 13 heavy (non-hydrogen) atoms. The molecule has 0 rings (SSSR count). The number of nitrogens with two attached hydrogens (primary N) is 1. The van der Waals surface area contributed by atoms with Crippen molar-refractivity contribution >= 4 is 11.8 Å². The van der Waals surface area contributed by atoms with Crippen molar-refractivity contribution in [1.29, 1.82) is 0 Å². The first kappa shape index (κ1) is 11.5. The lowest BCUT2D eigenvalue weighted by atomic mass is 10.4. The highest BCUT2D eigenvalue weighted by Gasteiger charge is 2.21. The summed E-state index contributed by atoms with van der Waals surface area (Å²) in [6.45, 7) is 0.401. The van der Waals surface area contributed by atoms with Crippen LogP contribution in [0.15, 0.2) is 0 Å². The van der Waals surface area contributed by atoms with Crippen molar-refractivity contribution in [3.8, 4) is 0 Å². The van der Waals surface area contributed by atoms with Gasteiger partial charge in [-0.25, -0.2) is 0 Å². The molecule has 0 aromatic heterocycles. The quantitative estimate of drug-likeness (QED) is 0.432. The molecule has 74 valence electrons. The molecule has 0 saturated heterocycles. The van der Waals surface area contributed by atoms with E-state index in [-0.39, 0.29) is 13.1 Å². The van der Waals surface area contributed by atoms with Gasteiger partial charge in [-0.05, 0) is 0 Å². The van der Waals surface area contributed by atoms with E-state index in [4.69, 9.17) is 5.73 Å². The number of amides is 2. The summed E-state index contributed by atoms with van der Waals surface area (Å²) in [6.07, 6.45) is 0. The number of nitro groups is 1. The smallest absolute Gasteiger partial charge is 0.300 e. The summed E-state index contributed by atoms with van der Waals surface area (Å²) in [5.74, 6) is -1.36. The summed E-state index contributed by atoms with van der Waals surface area (Å²) >= 11 is 0. The van der Waals surface area contributed by atoms with Crippen molar-refractivity contribution in [2.45, 2.75) is 6.92 Å². The van der Waals surface area contributed by atoms with Crippen LogP contribution in [0.2, 0.25) is 0 Å². The van der Waals surface area contributed by atoms with Crippen molar-refractivity contribution < 1.29 is 14.5 Å². The third-order valence-corrected chi connectivity index (χ3v) is 1.30. The first-order chi connectivity index (χ1) is 5.99. The van der Waals surface area contributed by atoms with Crippen molar-refractivity contribution in [3.05, 3.63) is 10.1 Å². The largest absolute Gasteiger partial charge is 0.329 e. The summed E-state index contributed by atoms with van der Waals surface area (Å²) < 4.78 is 0. The third kappa shape index (κ3) is 4.16. The van der Waals surface area contributed by atoms with Crippen molar-refractivity contribution in [1.82, 2.24) is 4.90 Å². The van der Waals surface area contributed by atoms with Crippen LogP contribution in [0.3, 0.4) is 0 Å². The van der Waals surface area contributed by atoms with Gasteiger partial charge in [-0.15, -0.1) is 0 Å². The molecule has 0 aliphatic carbocycles. The summed E-state index contributed by atoms with van der Waals surface area (Å²) in [6, 6.07) is 0. The summed E-state index contributed by atoms with van der Waals surface area (Å²) in [5, 5.41) is 9.96. The highest BCUT2D eigenvalue weighted by molar-refractivity contribution is 5.94. The Kier molecular flexibility index (Phi) is 4.60. The first-order valence-electron chi connectivity index (χ1n) is 3.61. The zero-order valence-electron chi connectivity index (χ0n) is 7.23. The highest BCUT2D eigenvalue weighted by Crippen LogP contribution is 1.90. The van der Waals surface area contributed by atoms with Crippen molar-refractivity contribution in [3.63, 3.8) is 0 Å². The van der Waals surface area contributed by atoms with E-state index in [1.807, 2.05) is 0 Å². The maximum absolute atomic E-state index is 11.0.